The molecular formula is C30H28F3N7O3S. The van der Waals surface area contributed by atoms with E-state index in [1.165, 1.54) is 51.9 Å². The van der Waals surface area contributed by atoms with Gasteiger partial charge in [-0.05, 0) is 72.1 Å². The van der Waals surface area contributed by atoms with Crippen LogP contribution in [0.25, 0.3) is 17.1 Å². The maximum atomic E-state index is 12.9. The monoisotopic (exact) mass is 623 g/mol. The number of carbonyl (C=O) groups is 2. The molecule has 14 heteroatoms. The maximum Gasteiger partial charge on any atom is 0.573 e. The van der Waals surface area contributed by atoms with Crippen LogP contribution in [0.3, 0.4) is 0 Å². The highest BCUT2D eigenvalue weighted by molar-refractivity contribution is 8.15. The van der Waals surface area contributed by atoms with Crippen molar-refractivity contribution >= 4 is 45.9 Å². The number of urea groups is 1. The third-order valence-corrected chi connectivity index (χ3v) is 7.50. The van der Waals surface area contributed by atoms with Crippen molar-refractivity contribution in [3.8, 4) is 22.8 Å². The lowest BCUT2D eigenvalue weighted by atomic mass is 9.99. The summed E-state index contributed by atoms with van der Waals surface area (Å²) >= 11 is 1.21. The number of hydrogen-bond donors (Lipinski definition) is 1. The number of nitrogens with zero attached hydrogens (tertiary/aromatic N) is 6. The molecule has 1 saturated heterocycles. The van der Waals surface area contributed by atoms with E-state index in [2.05, 4.69) is 25.1 Å². The number of ether oxygens (including phenoxy) is 1. The molecule has 0 atom stereocenters. The highest BCUT2D eigenvalue weighted by Gasteiger charge is 2.33. The normalized spacial score (nSPS) is 14.4. The van der Waals surface area contributed by atoms with Crippen molar-refractivity contribution in [3.05, 3.63) is 78.6 Å². The van der Waals surface area contributed by atoms with Crippen LogP contribution in [0.1, 0.15) is 25.3 Å². The number of amidine groups is 1. The molecule has 4 aromatic rings. The van der Waals surface area contributed by atoms with E-state index < -0.39 is 12.4 Å². The lowest BCUT2D eigenvalue weighted by Crippen LogP contribution is -2.31. The van der Waals surface area contributed by atoms with E-state index in [-0.39, 0.29) is 23.3 Å². The van der Waals surface area contributed by atoms with Crippen LogP contribution in [0.4, 0.5) is 35.0 Å². The van der Waals surface area contributed by atoms with Gasteiger partial charge in [-0.25, -0.2) is 14.5 Å². The second-order valence-electron chi connectivity index (χ2n) is 10.3. The smallest absolute Gasteiger partial charge is 0.406 e. The third kappa shape index (κ3) is 7.02. The Morgan fingerprint density at radius 2 is 1.77 bits per heavy atom. The summed E-state index contributed by atoms with van der Waals surface area (Å²) in [5.41, 5.74) is 4.21. The molecule has 5 rings (SSSR count). The van der Waals surface area contributed by atoms with E-state index in [1.807, 2.05) is 51.0 Å². The summed E-state index contributed by atoms with van der Waals surface area (Å²) in [4.78, 5) is 37.8. The van der Waals surface area contributed by atoms with Crippen LogP contribution in [0.15, 0.2) is 78.0 Å². The summed E-state index contributed by atoms with van der Waals surface area (Å²) < 4.78 is 42.6. The predicted molar refractivity (Wildman–Crippen MR) is 165 cm³/mol. The van der Waals surface area contributed by atoms with E-state index in [9.17, 15) is 22.8 Å². The minimum Gasteiger partial charge on any atom is -0.406 e. The molecule has 1 aliphatic heterocycles. The highest BCUT2D eigenvalue weighted by atomic mass is 32.2. The molecule has 0 unspecified atom stereocenters. The van der Waals surface area contributed by atoms with Gasteiger partial charge in [0.15, 0.2) is 11.0 Å². The Morgan fingerprint density at radius 1 is 1.07 bits per heavy atom. The van der Waals surface area contributed by atoms with Gasteiger partial charge in [0.05, 0.1) is 17.1 Å². The molecule has 0 saturated carbocycles. The molecule has 0 aliphatic carbocycles. The van der Waals surface area contributed by atoms with Crippen LogP contribution in [0.5, 0.6) is 5.75 Å². The van der Waals surface area contributed by atoms with Crippen LogP contribution < -0.4 is 19.9 Å². The number of anilines is 3. The van der Waals surface area contributed by atoms with Gasteiger partial charge in [-0.3, -0.25) is 9.69 Å². The average molecular weight is 624 g/mol. The SMILES string of the molecule is CC(C)c1ccc(N(C)C)cc1N1C(=O)CSC1=NC(=O)Nc1ccc(-c2ncn(-c3ccc(OC(F)(F)F)cc3)n2)cc1. The van der Waals surface area contributed by atoms with Crippen molar-refractivity contribution in [3.63, 3.8) is 0 Å². The van der Waals surface area contributed by atoms with Gasteiger partial charge >= 0.3 is 12.4 Å². The third-order valence-electron chi connectivity index (χ3n) is 6.58. The summed E-state index contributed by atoms with van der Waals surface area (Å²) in [6.45, 7) is 4.09. The van der Waals surface area contributed by atoms with Crippen molar-refractivity contribution in [1.82, 2.24) is 14.8 Å². The molecule has 44 heavy (non-hydrogen) atoms. The molecule has 2 heterocycles. The second kappa shape index (κ2) is 12.4. The van der Waals surface area contributed by atoms with E-state index in [0.29, 0.717) is 33.6 Å². The predicted octanol–water partition coefficient (Wildman–Crippen LogP) is 6.69. The molecule has 0 spiro atoms. The van der Waals surface area contributed by atoms with Crippen LogP contribution >= 0.6 is 11.8 Å². The van der Waals surface area contributed by atoms with Crippen LogP contribution in [-0.4, -0.2) is 58.1 Å². The zero-order chi connectivity index (χ0) is 31.6. The fourth-order valence-corrected chi connectivity index (χ4v) is 5.29. The molecular weight excluding hydrogens is 595 g/mol. The van der Waals surface area contributed by atoms with Gasteiger partial charge in [-0.2, -0.15) is 4.99 Å². The Bertz CT molecular complexity index is 1700. The number of amides is 3. The minimum absolute atomic E-state index is 0.146. The van der Waals surface area contributed by atoms with Crippen molar-refractivity contribution in [1.29, 1.82) is 0 Å². The van der Waals surface area contributed by atoms with Crippen molar-refractivity contribution in [2.45, 2.75) is 26.1 Å². The quantitative estimate of drug-likeness (QED) is 0.245. The summed E-state index contributed by atoms with van der Waals surface area (Å²) in [5.74, 6) is 0.203. The van der Waals surface area contributed by atoms with E-state index in [4.69, 9.17) is 0 Å². The lowest BCUT2D eigenvalue weighted by molar-refractivity contribution is -0.274. The first-order chi connectivity index (χ1) is 20.9. The van der Waals surface area contributed by atoms with Gasteiger partial charge in [0, 0.05) is 31.0 Å². The lowest BCUT2D eigenvalue weighted by Gasteiger charge is -2.24. The molecule has 3 amide bonds. The number of aromatic nitrogens is 3. The van der Waals surface area contributed by atoms with Crippen LogP contribution in [0, 0.1) is 0 Å². The fourth-order valence-electron chi connectivity index (χ4n) is 4.44. The number of thioether (sulfide) groups is 1. The Morgan fingerprint density at radius 3 is 2.41 bits per heavy atom. The van der Waals surface area contributed by atoms with E-state index in [1.54, 1.807) is 24.3 Å². The number of aliphatic imine (C=N–C) groups is 1. The van der Waals surface area contributed by atoms with Gasteiger partial charge in [-0.1, -0.05) is 31.7 Å². The summed E-state index contributed by atoms with van der Waals surface area (Å²) in [6, 6.07) is 17.3. The van der Waals surface area contributed by atoms with E-state index >= 15 is 0 Å². The molecule has 1 aliphatic rings. The van der Waals surface area contributed by atoms with Gasteiger partial charge in [0.2, 0.25) is 5.91 Å². The van der Waals surface area contributed by atoms with Gasteiger partial charge < -0.3 is 15.0 Å². The Kier molecular flexibility index (Phi) is 8.63. The van der Waals surface area contributed by atoms with Gasteiger partial charge in [0.1, 0.15) is 12.1 Å². The number of benzene rings is 3. The summed E-state index contributed by atoms with van der Waals surface area (Å²) in [5, 5.41) is 7.42. The highest BCUT2D eigenvalue weighted by Crippen LogP contribution is 2.36. The summed E-state index contributed by atoms with van der Waals surface area (Å²) in [7, 11) is 3.84. The summed E-state index contributed by atoms with van der Waals surface area (Å²) in [6.07, 6.45) is -3.34. The average Bonchev–Trinajstić information content (AvgIpc) is 3.59. The number of halogens is 3. The van der Waals surface area contributed by atoms with Crippen molar-refractivity contribution < 1.29 is 27.5 Å². The van der Waals surface area contributed by atoms with Crippen LogP contribution in [-0.2, 0) is 4.79 Å². The zero-order valence-electron chi connectivity index (χ0n) is 24.2. The molecule has 228 valence electrons. The molecule has 0 bridgehead atoms. The molecule has 3 aromatic carbocycles. The molecule has 1 aromatic heterocycles. The Balaban J connectivity index is 1.29. The van der Waals surface area contributed by atoms with E-state index in [0.717, 1.165) is 11.3 Å². The van der Waals surface area contributed by atoms with Gasteiger partial charge in [-0.15, -0.1) is 18.3 Å². The van der Waals surface area contributed by atoms with Gasteiger partial charge in [0.25, 0.3) is 0 Å². The number of carbonyl (C=O) groups excluding carboxylic acids is 2. The molecule has 10 nitrogen and oxygen atoms in total. The maximum absolute atomic E-state index is 12.9. The topological polar surface area (TPSA) is 105 Å². The number of hydrogen-bond acceptors (Lipinski definition) is 7. The fraction of sp³-hybridized carbons (Fsp3) is 0.233. The standard InChI is InChI=1S/C30H28F3N7O3S/c1-18(2)24-14-11-22(38(3)4)15-25(24)40-26(41)16-44-29(40)36-28(42)35-20-7-5-19(6-8-20)27-34-17-39(37-27)21-9-12-23(13-10-21)43-30(31,32)33/h5-15,17-18H,16H2,1-4H3,(H,35,42). The van der Waals surface area contributed by atoms with Crippen molar-refractivity contribution in [2.24, 2.45) is 4.99 Å². The largest absolute Gasteiger partial charge is 0.573 e. The zero-order valence-corrected chi connectivity index (χ0v) is 25.0. The van der Waals surface area contributed by atoms with Crippen LogP contribution in [0.2, 0.25) is 0 Å². The molecule has 1 N–H and O–H groups in total. The first-order valence-electron chi connectivity index (χ1n) is 13.4. The molecule has 0 radical (unpaired) electrons. The minimum atomic E-state index is -4.77. The number of alkyl halides is 3. The first kappa shape index (κ1) is 30.6. The number of rotatable bonds is 7. The number of nitrogens with one attached hydrogen (secondary N) is 1. The van der Waals surface area contributed by atoms with Crippen molar-refractivity contribution in [2.75, 3.05) is 35.0 Å². The Labute approximate surface area is 255 Å². The molecule has 1 fully saturated rings. The Hall–Kier alpha value is -4.85. The second-order valence-corrected chi connectivity index (χ2v) is 11.2. The first-order valence-corrected chi connectivity index (χ1v) is 14.4.